The summed E-state index contributed by atoms with van der Waals surface area (Å²) < 4.78 is 0. The lowest BCUT2D eigenvalue weighted by Crippen LogP contribution is -2.45. The fourth-order valence-corrected chi connectivity index (χ4v) is 3.98. The number of aromatic nitrogens is 2. The molecule has 1 aliphatic heterocycles. The molecule has 0 spiro atoms. The zero-order valence-electron chi connectivity index (χ0n) is 19.4. The normalized spacial score (nSPS) is 13.8. The maximum absolute atomic E-state index is 12.8. The molecule has 0 aliphatic carbocycles. The molecule has 1 saturated heterocycles. The molecule has 34 heavy (non-hydrogen) atoms. The average Bonchev–Trinajstić information content (AvgIpc) is 2.88. The largest absolute Gasteiger partial charge is 0.369 e. The first-order valence-electron chi connectivity index (χ1n) is 11.4. The van der Waals surface area contributed by atoms with Gasteiger partial charge in [0.05, 0.1) is 23.7 Å². The van der Waals surface area contributed by atoms with Gasteiger partial charge in [-0.1, -0.05) is 49.0 Å². The number of piperazine rings is 1. The van der Waals surface area contributed by atoms with Crippen molar-refractivity contribution in [1.82, 2.24) is 19.8 Å². The molecule has 7 nitrogen and oxygen atoms in total. The topological polar surface area (TPSA) is 85.2 Å². The zero-order valence-corrected chi connectivity index (χ0v) is 19.4. The molecule has 0 radical (unpaired) electrons. The van der Waals surface area contributed by atoms with Gasteiger partial charge in [-0.15, -0.1) is 0 Å². The fourth-order valence-electron chi connectivity index (χ4n) is 3.98. The van der Waals surface area contributed by atoms with Gasteiger partial charge in [-0.2, -0.15) is 5.26 Å². The van der Waals surface area contributed by atoms with E-state index in [2.05, 4.69) is 37.7 Å². The van der Waals surface area contributed by atoms with Crippen LogP contribution in [0.3, 0.4) is 0 Å². The molecular weight excluding hydrogens is 424 g/mol. The van der Waals surface area contributed by atoms with E-state index in [1.54, 1.807) is 13.1 Å². The summed E-state index contributed by atoms with van der Waals surface area (Å²) in [5.41, 5.74) is 5.18. The van der Waals surface area contributed by atoms with Crippen LogP contribution in [0.15, 0.2) is 67.4 Å². The van der Waals surface area contributed by atoms with E-state index in [0.717, 1.165) is 49.5 Å². The van der Waals surface area contributed by atoms with Gasteiger partial charge in [-0.3, -0.25) is 14.7 Å². The zero-order chi connectivity index (χ0) is 23.9. The lowest BCUT2D eigenvalue weighted by Gasteiger charge is -2.36. The van der Waals surface area contributed by atoms with E-state index in [9.17, 15) is 4.79 Å². The maximum Gasteiger partial charge on any atom is 0.276 e. The molecule has 0 atom stereocenters. The van der Waals surface area contributed by atoms with Crippen molar-refractivity contribution in [3.05, 3.63) is 84.3 Å². The van der Waals surface area contributed by atoms with Crippen molar-refractivity contribution in [1.29, 1.82) is 5.26 Å². The lowest BCUT2D eigenvalue weighted by molar-refractivity contribution is 0.102. The van der Waals surface area contributed by atoms with Crippen LogP contribution in [-0.2, 0) is 0 Å². The van der Waals surface area contributed by atoms with Gasteiger partial charge in [-0.25, -0.2) is 4.98 Å². The van der Waals surface area contributed by atoms with E-state index in [-0.39, 0.29) is 5.91 Å². The summed E-state index contributed by atoms with van der Waals surface area (Å²) in [5, 5.41) is 11.7. The molecular formula is C27H28N6O. The minimum absolute atomic E-state index is 0.281. The van der Waals surface area contributed by atoms with Crippen molar-refractivity contribution in [3.8, 4) is 17.3 Å². The smallest absolute Gasteiger partial charge is 0.276 e. The Hall–Kier alpha value is -4.02. The molecule has 172 valence electrons. The molecule has 2 heterocycles. The first kappa shape index (κ1) is 23.1. The molecule has 1 N–H and O–H groups in total. The van der Waals surface area contributed by atoms with Crippen LogP contribution >= 0.6 is 0 Å². The average molecular weight is 453 g/mol. The predicted molar refractivity (Wildman–Crippen MR) is 134 cm³/mol. The molecule has 1 fully saturated rings. The Labute approximate surface area is 200 Å². The number of nitriles is 1. The Morgan fingerprint density at radius 3 is 2.47 bits per heavy atom. The lowest BCUT2D eigenvalue weighted by atomic mass is 10.1. The molecule has 0 unspecified atom stereocenters. The summed E-state index contributed by atoms with van der Waals surface area (Å²) in [6.45, 7) is 10.6. The fraction of sp³-hybridized carbons (Fsp3) is 0.259. The Morgan fingerprint density at radius 1 is 1.09 bits per heavy atom. The van der Waals surface area contributed by atoms with Crippen LogP contribution in [0, 0.1) is 18.3 Å². The summed E-state index contributed by atoms with van der Waals surface area (Å²) in [4.78, 5) is 26.4. The van der Waals surface area contributed by atoms with E-state index in [1.807, 2.05) is 54.6 Å². The Balaban J connectivity index is 1.44. The van der Waals surface area contributed by atoms with Gasteiger partial charge < -0.3 is 10.2 Å². The van der Waals surface area contributed by atoms with Gasteiger partial charge in [0.25, 0.3) is 5.91 Å². The molecule has 3 aromatic rings. The van der Waals surface area contributed by atoms with E-state index < -0.39 is 0 Å². The highest BCUT2D eigenvalue weighted by molar-refractivity contribution is 6.03. The van der Waals surface area contributed by atoms with Crippen LogP contribution in [-0.4, -0.2) is 58.4 Å². The minimum atomic E-state index is -0.281. The summed E-state index contributed by atoms with van der Waals surface area (Å²) in [5.74, 6) is -0.281. The molecule has 0 bridgehead atoms. The van der Waals surface area contributed by atoms with Crippen LogP contribution in [0.4, 0.5) is 5.69 Å². The van der Waals surface area contributed by atoms with Gasteiger partial charge >= 0.3 is 0 Å². The molecule has 4 rings (SSSR count). The second-order valence-electron chi connectivity index (χ2n) is 8.27. The Bertz CT molecular complexity index is 1190. The number of nitrogens with one attached hydrogen (secondary N) is 1. The summed E-state index contributed by atoms with van der Waals surface area (Å²) >= 11 is 0. The SMILES string of the molecule is C=C(c1ccc(-c2cnc(C)c(C(=O)Nc3ccccc3)n2)cc1)N1CCN(CCC#N)CC1. The van der Waals surface area contributed by atoms with Crippen molar-refractivity contribution in [2.75, 3.05) is 38.0 Å². The first-order valence-corrected chi connectivity index (χ1v) is 11.4. The first-order chi connectivity index (χ1) is 16.5. The number of amides is 1. The number of anilines is 1. The van der Waals surface area contributed by atoms with Crippen molar-refractivity contribution in [3.63, 3.8) is 0 Å². The van der Waals surface area contributed by atoms with Crippen LogP contribution in [0.1, 0.15) is 28.2 Å². The molecule has 2 aromatic carbocycles. The molecule has 1 aliphatic rings. The highest BCUT2D eigenvalue weighted by Crippen LogP contribution is 2.24. The van der Waals surface area contributed by atoms with Gasteiger partial charge in [0.2, 0.25) is 0 Å². The van der Waals surface area contributed by atoms with E-state index >= 15 is 0 Å². The van der Waals surface area contributed by atoms with Gasteiger partial charge in [0, 0.05) is 56.1 Å². The second-order valence-corrected chi connectivity index (χ2v) is 8.27. The number of hydrogen-bond acceptors (Lipinski definition) is 6. The van der Waals surface area contributed by atoms with Gasteiger partial charge in [0.15, 0.2) is 0 Å². The van der Waals surface area contributed by atoms with Crippen LogP contribution < -0.4 is 5.32 Å². The van der Waals surface area contributed by atoms with Crippen molar-refractivity contribution < 1.29 is 4.79 Å². The standard InChI is InChI=1S/C27H28N6O/c1-20-26(27(34)30-24-7-4-3-5-8-24)31-25(19-29-20)23-11-9-22(10-12-23)21(2)33-17-15-32(16-18-33)14-6-13-28/h3-5,7-12,19H,2,6,14-18H2,1H3,(H,30,34). The number of nitrogens with zero attached hydrogens (tertiary/aromatic N) is 5. The van der Waals surface area contributed by atoms with Gasteiger partial charge in [0.1, 0.15) is 5.69 Å². The molecule has 7 heteroatoms. The number of rotatable bonds is 7. The predicted octanol–water partition coefficient (Wildman–Crippen LogP) is 4.21. The highest BCUT2D eigenvalue weighted by Gasteiger charge is 2.19. The Kier molecular flexibility index (Phi) is 7.31. The third-order valence-electron chi connectivity index (χ3n) is 6.01. The van der Waals surface area contributed by atoms with Crippen molar-refractivity contribution in [2.24, 2.45) is 0 Å². The summed E-state index contributed by atoms with van der Waals surface area (Å²) in [6, 6.07) is 19.6. The third kappa shape index (κ3) is 5.48. The van der Waals surface area contributed by atoms with Crippen molar-refractivity contribution in [2.45, 2.75) is 13.3 Å². The molecule has 1 amide bonds. The number of para-hydroxylation sites is 1. The number of benzene rings is 2. The van der Waals surface area contributed by atoms with Crippen molar-refractivity contribution >= 4 is 17.3 Å². The van der Waals surface area contributed by atoms with E-state index in [4.69, 9.17) is 5.26 Å². The Morgan fingerprint density at radius 2 is 1.79 bits per heavy atom. The number of aryl methyl sites for hydroxylation is 1. The quantitative estimate of drug-likeness (QED) is 0.578. The maximum atomic E-state index is 12.8. The molecule has 0 saturated carbocycles. The monoisotopic (exact) mass is 452 g/mol. The number of carbonyl (C=O) groups is 1. The van der Waals surface area contributed by atoms with E-state index in [0.29, 0.717) is 29.2 Å². The van der Waals surface area contributed by atoms with Crippen LogP contribution in [0.5, 0.6) is 0 Å². The summed E-state index contributed by atoms with van der Waals surface area (Å²) in [7, 11) is 0. The number of hydrogen-bond donors (Lipinski definition) is 1. The summed E-state index contributed by atoms with van der Waals surface area (Å²) in [6.07, 6.45) is 2.26. The van der Waals surface area contributed by atoms with Crippen LogP contribution in [0.2, 0.25) is 0 Å². The van der Waals surface area contributed by atoms with Gasteiger partial charge in [-0.05, 0) is 24.6 Å². The van der Waals surface area contributed by atoms with E-state index in [1.165, 1.54) is 0 Å². The van der Waals surface area contributed by atoms with Crippen LogP contribution in [0.25, 0.3) is 17.0 Å². The minimum Gasteiger partial charge on any atom is -0.369 e. The number of carbonyl (C=O) groups excluding carboxylic acids is 1. The highest BCUT2D eigenvalue weighted by atomic mass is 16.1. The third-order valence-corrected chi connectivity index (χ3v) is 6.01. The second kappa shape index (κ2) is 10.7. The molecule has 1 aromatic heterocycles.